The van der Waals surface area contributed by atoms with Crippen LogP contribution in [0.4, 0.5) is 5.69 Å². The van der Waals surface area contributed by atoms with Crippen LogP contribution in [0, 0.1) is 0 Å². The van der Waals surface area contributed by atoms with Gasteiger partial charge in [-0.2, -0.15) is 0 Å². The molecule has 0 bridgehead atoms. The van der Waals surface area contributed by atoms with Crippen LogP contribution in [0.2, 0.25) is 10.0 Å². The fourth-order valence-corrected chi connectivity index (χ4v) is 5.04. The number of benzene rings is 2. The molecule has 0 radical (unpaired) electrons. The number of carboxylic acid groups (broad SMARTS) is 1. The molecule has 0 fully saturated rings. The molecule has 172 valence electrons. The number of carbonyl (C=O) groups is 2. The quantitative estimate of drug-likeness (QED) is 0.296. The monoisotopic (exact) mass is 521 g/mol. The number of aromatic nitrogens is 3. The van der Waals surface area contributed by atoms with E-state index in [4.69, 9.17) is 23.2 Å². The van der Waals surface area contributed by atoms with Crippen molar-refractivity contribution in [3.63, 3.8) is 0 Å². The lowest BCUT2D eigenvalue weighted by Gasteiger charge is -2.09. The highest BCUT2D eigenvalue weighted by atomic mass is 35.5. The van der Waals surface area contributed by atoms with Gasteiger partial charge in [0, 0.05) is 28.0 Å². The van der Waals surface area contributed by atoms with Crippen molar-refractivity contribution in [2.24, 2.45) is 0 Å². The predicted molar refractivity (Wildman–Crippen MR) is 132 cm³/mol. The summed E-state index contributed by atoms with van der Waals surface area (Å²) >= 11 is 15.1. The number of nitrogens with one attached hydrogen (secondary N) is 1. The number of allylic oxidation sites excluding steroid dienone is 1. The topological polar surface area (TPSA) is 99.9 Å². The van der Waals surface area contributed by atoms with Crippen molar-refractivity contribution in [2.45, 2.75) is 23.2 Å². The number of carboxylic acids is 1. The number of aromatic carboxylic acids is 1. The molecule has 7 nitrogen and oxygen atoms in total. The third-order valence-electron chi connectivity index (χ3n) is 4.35. The highest BCUT2D eigenvalue weighted by molar-refractivity contribution is 7.99. The molecule has 0 aliphatic carbocycles. The van der Waals surface area contributed by atoms with Crippen molar-refractivity contribution < 1.29 is 14.7 Å². The minimum absolute atomic E-state index is 0.0450. The summed E-state index contributed by atoms with van der Waals surface area (Å²) in [4.78, 5) is 23.1. The second-order valence-corrected chi connectivity index (χ2v) is 9.50. The van der Waals surface area contributed by atoms with Crippen LogP contribution in [0.15, 0.2) is 60.3 Å². The summed E-state index contributed by atoms with van der Waals surface area (Å²) in [5.74, 6) is 0.671. The molecule has 1 heterocycles. The van der Waals surface area contributed by atoms with Gasteiger partial charge < -0.3 is 19.8 Å². The molecular weight excluding hydrogens is 503 g/mol. The lowest BCUT2D eigenvalue weighted by atomic mass is 10.2. The molecule has 0 saturated carbocycles. The molecule has 0 aliphatic rings. The van der Waals surface area contributed by atoms with E-state index in [0.717, 1.165) is 11.4 Å². The summed E-state index contributed by atoms with van der Waals surface area (Å²) in [6.45, 7) is 4.30. The van der Waals surface area contributed by atoms with E-state index in [1.165, 1.54) is 36.0 Å². The molecule has 0 atom stereocenters. The van der Waals surface area contributed by atoms with E-state index in [1.54, 1.807) is 30.0 Å². The Morgan fingerprint density at radius 2 is 1.88 bits per heavy atom. The number of anilines is 1. The van der Waals surface area contributed by atoms with Crippen LogP contribution in [0.5, 0.6) is 0 Å². The van der Waals surface area contributed by atoms with Crippen LogP contribution in [0.3, 0.4) is 0 Å². The van der Waals surface area contributed by atoms with Crippen molar-refractivity contribution in [1.29, 1.82) is 0 Å². The lowest BCUT2D eigenvalue weighted by Crippen LogP contribution is -2.22. The van der Waals surface area contributed by atoms with Crippen LogP contribution in [0.1, 0.15) is 21.7 Å². The van der Waals surface area contributed by atoms with E-state index in [-0.39, 0.29) is 17.2 Å². The number of halogens is 2. The highest BCUT2D eigenvalue weighted by Gasteiger charge is 2.14. The van der Waals surface area contributed by atoms with Crippen LogP contribution in [0.25, 0.3) is 0 Å². The molecular formula is C22H19Cl2N4O3S2-. The van der Waals surface area contributed by atoms with Gasteiger partial charge in [-0.05, 0) is 35.4 Å². The molecule has 1 aromatic heterocycles. The van der Waals surface area contributed by atoms with E-state index in [1.807, 2.05) is 10.6 Å². The zero-order valence-corrected chi connectivity index (χ0v) is 20.4. The number of thioether (sulfide) groups is 2. The lowest BCUT2D eigenvalue weighted by molar-refractivity contribution is -0.255. The van der Waals surface area contributed by atoms with Crippen molar-refractivity contribution in [3.8, 4) is 0 Å². The predicted octanol–water partition coefficient (Wildman–Crippen LogP) is 4.30. The van der Waals surface area contributed by atoms with E-state index in [0.29, 0.717) is 38.9 Å². The molecule has 0 unspecified atom stereocenters. The summed E-state index contributed by atoms with van der Waals surface area (Å²) < 4.78 is 1.91. The van der Waals surface area contributed by atoms with Gasteiger partial charge in [0.2, 0.25) is 5.91 Å². The van der Waals surface area contributed by atoms with E-state index in [9.17, 15) is 14.7 Å². The van der Waals surface area contributed by atoms with Gasteiger partial charge in [-0.3, -0.25) is 4.79 Å². The number of rotatable bonds is 11. The maximum absolute atomic E-state index is 12.3. The van der Waals surface area contributed by atoms with Crippen LogP contribution in [-0.4, -0.2) is 32.4 Å². The molecule has 11 heteroatoms. The summed E-state index contributed by atoms with van der Waals surface area (Å²) in [6, 6.07) is 11.2. The van der Waals surface area contributed by atoms with Crippen molar-refractivity contribution in [2.75, 3.05) is 11.1 Å². The third kappa shape index (κ3) is 7.26. The summed E-state index contributed by atoms with van der Waals surface area (Å²) in [5.41, 5.74) is 1.53. The first-order chi connectivity index (χ1) is 15.9. The second kappa shape index (κ2) is 12.1. The largest absolute Gasteiger partial charge is 0.545 e. The number of amides is 1. The van der Waals surface area contributed by atoms with E-state index >= 15 is 0 Å². The maximum Gasteiger partial charge on any atom is 0.234 e. The summed E-state index contributed by atoms with van der Waals surface area (Å²) in [5, 5.41) is 23.8. The van der Waals surface area contributed by atoms with Crippen molar-refractivity contribution >= 4 is 64.3 Å². The Kier molecular flexibility index (Phi) is 9.25. The molecule has 33 heavy (non-hydrogen) atoms. The van der Waals surface area contributed by atoms with Gasteiger partial charge in [-0.15, -0.1) is 28.5 Å². The van der Waals surface area contributed by atoms with Crippen molar-refractivity contribution in [3.05, 3.63) is 82.1 Å². The van der Waals surface area contributed by atoms with Crippen LogP contribution in [-0.2, 0) is 22.8 Å². The van der Waals surface area contributed by atoms with E-state index < -0.39 is 5.97 Å². The third-order valence-corrected chi connectivity index (χ3v) is 6.88. The number of hydrogen-bond donors (Lipinski definition) is 1. The average Bonchev–Trinajstić information content (AvgIpc) is 3.16. The highest BCUT2D eigenvalue weighted by Crippen LogP contribution is 2.27. The second-order valence-electron chi connectivity index (χ2n) is 6.73. The summed E-state index contributed by atoms with van der Waals surface area (Å²) in [7, 11) is 0. The normalized spacial score (nSPS) is 10.7. The average molecular weight is 522 g/mol. The Balaban J connectivity index is 1.56. The number of carbonyl (C=O) groups excluding carboxylic acids is 2. The summed E-state index contributed by atoms with van der Waals surface area (Å²) in [6.07, 6.45) is 1.75. The Bertz CT molecular complexity index is 1150. The zero-order valence-electron chi connectivity index (χ0n) is 17.3. The SMILES string of the molecule is C=CCn1c(CSCc2ccc(Cl)cc2Cl)nnc1SCC(=O)Nc1ccc(C(=O)[O-])cc1. The van der Waals surface area contributed by atoms with Gasteiger partial charge in [0.1, 0.15) is 5.82 Å². The van der Waals surface area contributed by atoms with E-state index in [2.05, 4.69) is 22.1 Å². The fraction of sp³-hybridized carbons (Fsp3) is 0.182. The molecule has 0 saturated heterocycles. The first kappa shape index (κ1) is 25.2. The Labute approximate surface area is 209 Å². The van der Waals surface area contributed by atoms with Crippen molar-refractivity contribution in [1.82, 2.24) is 14.8 Å². The molecule has 2 aromatic carbocycles. The standard InChI is InChI=1S/C22H20Cl2N4O3S2/c1-2-9-28-19(12-32-11-15-3-6-16(23)10-18(15)24)26-27-22(28)33-13-20(29)25-17-7-4-14(5-8-17)21(30)31/h2-8,10H,1,9,11-13H2,(H,25,29)(H,30,31)/p-1. The first-order valence-electron chi connectivity index (χ1n) is 9.66. The molecule has 3 rings (SSSR count). The maximum atomic E-state index is 12.3. The van der Waals surface area contributed by atoms with Gasteiger partial charge >= 0.3 is 0 Å². The first-order valence-corrected chi connectivity index (χ1v) is 12.6. The molecule has 3 aromatic rings. The smallest absolute Gasteiger partial charge is 0.234 e. The minimum atomic E-state index is -1.27. The number of hydrogen-bond acceptors (Lipinski definition) is 7. The number of nitrogens with zero attached hydrogens (tertiary/aromatic N) is 3. The van der Waals surface area contributed by atoms with Gasteiger partial charge in [-0.1, -0.05) is 59.2 Å². The fourth-order valence-electron chi connectivity index (χ4n) is 2.75. The van der Waals surface area contributed by atoms with Crippen LogP contribution < -0.4 is 10.4 Å². The molecule has 0 spiro atoms. The molecule has 1 amide bonds. The molecule has 1 N–H and O–H groups in total. The Morgan fingerprint density at radius 3 is 2.55 bits per heavy atom. The van der Waals surface area contributed by atoms with Gasteiger partial charge in [-0.25, -0.2) is 0 Å². The van der Waals surface area contributed by atoms with Gasteiger partial charge in [0.15, 0.2) is 5.16 Å². The minimum Gasteiger partial charge on any atom is -0.545 e. The zero-order chi connectivity index (χ0) is 23.8. The van der Waals surface area contributed by atoms with Gasteiger partial charge in [0.05, 0.1) is 17.5 Å². The van der Waals surface area contributed by atoms with Gasteiger partial charge in [0.25, 0.3) is 0 Å². The molecule has 0 aliphatic heterocycles. The van der Waals surface area contributed by atoms with Crippen LogP contribution >= 0.6 is 46.7 Å². The Hall–Kier alpha value is -2.46. The Morgan fingerprint density at radius 1 is 1.12 bits per heavy atom.